The third-order valence-corrected chi connectivity index (χ3v) is 5.02. The first-order chi connectivity index (χ1) is 12.5. The molecule has 0 saturated carbocycles. The number of aliphatic imine (C=N–C) groups is 1. The minimum absolute atomic E-state index is 0.0550. The van der Waals surface area contributed by atoms with Gasteiger partial charge in [0.05, 0.1) is 27.2 Å². The molecule has 0 unspecified atom stereocenters. The summed E-state index contributed by atoms with van der Waals surface area (Å²) in [5.74, 6) is 0.175. The number of hydrogen-bond acceptors (Lipinski definition) is 5. The van der Waals surface area contributed by atoms with Crippen LogP contribution in [0.2, 0.25) is 10.0 Å². The molecule has 1 saturated heterocycles. The fraction of sp³-hybridized carbons (Fsp3) is 0.111. The summed E-state index contributed by atoms with van der Waals surface area (Å²) in [6, 6.07) is 9.89. The van der Waals surface area contributed by atoms with Crippen molar-refractivity contribution in [2.45, 2.75) is 6.92 Å². The number of thioether (sulfide) groups is 1. The molecule has 1 aliphatic heterocycles. The lowest BCUT2D eigenvalue weighted by Gasteiger charge is -2.06. The molecule has 0 aliphatic carbocycles. The maximum absolute atomic E-state index is 12.2. The highest BCUT2D eigenvalue weighted by Crippen LogP contribution is 2.32. The van der Waals surface area contributed by atoms with E-state index in [9.17, 15) is 9.90 Å². The van der Waals surface area contributed by atoms with Crippen molar-refractivity contribution in [2.24, 2.45) is 4.99 Å². The number of rotatable bonds is 4. The lowest BCUT2D eigenvalue weighted by molar-refractivity contribution is -0.115. The molecule has 2 N–H and O–H groups in total. The zero-order valence-corrected chi connectivity index (χ0v) is 16.0. The quantitative estimate of drug-likeness (QED) is 0.698. The van der Waals surface area contributed by atoms with E-state index in [0.717, 1.165) is 5.56 Å². The Bertz CT molecular complexity index is 929. The zero-order chi connectivity index (χ0) is 18.7. The summed E-state index contributed by atoms with van der Waals surface area (Å²) < 4.78 is 5.36. The maximum Gasteiger partial charge on any atom is 0.264 e. The molecular formula is C18H14Cl2N2O3S. The van der Waals surface area contributed by atoms with Crippen LogP contribution in [0.5, 0.6) is 11.5 Å². The molecule has 1 aliphatic rings. The van der Waals surface area contributed by atoms with Gasteiger partial charge in [0, 0.05) is 0 Å². The van der Waals surface area contributed by atoms with Gasteiger partial charge in [-0.2, -0.15) is 0 Å². The highest BCUT2D eigenvalue weighted by Gasteiger charge is 2.24. The number of phenols is 1. The minimum atomic E-state index is -0.250. The Hall–Kier alpha value is -2.15. The Labute approximate surface area is 164 Å². The van der Waals surface area contributed by atoms with Gasteiger partial charge >= 0.3 is 0 Å². The molecule has 5 nitrogen and oxygen atoms in total. The van der Waals surface area contributed by atoms with Crippen LogP contribution < -0.4 is 10.1 Å². The molecule has 3 rings (SSSR count). The highest BCUT2D eigenvalue weighted by molar-refractivity contribution is 8.18. The number of nitrogens with one attached hydrogen (secondary N) is 1. The fourth-order valence-electron chi connectivity index (χ4n) is 2.20. The number of amides is 1. The number of amidine groups is 1. The van der Waals surface area contributed by atoms with Gasteiger partial charge in [0.1, 0.15) is 0 Å². The van der Waals surface area contributed by atoms with Gasteiger partial charge in [-0.3, -0.25) is 4.79 Å². The number of hydrogen-bond donors (Lipinski definition) is 2. The second-order valence-electron chi connectivity index (χ2n) is 5.24. The molecule has 0 bridgehead atoms. The van der Waals surface area contributed by atoms with Crippen molar-refractivity contribution in [3.05, 3.63) is 56.9 Å². The number of benzene rings is 2. The Morgan fingerprint density at radius 1 is 1.23 bits per heavy atom. The molecule has 2 aromatic rings. The van der Waals surface area contributed by atoms with Crippen LogP contribution in [-0.4, -0.2) is 22.8 Å². The van der Waals surface area contributed by atoms with Crippen LogP contribution in [0, 0.1) is 0 Å². The summed E-state index contributed by atoms with van der Waals surface area (Å²) in [5.41, 5.74) is 1.33. The standard InChI is InChI=1S/C18H14Cl2N2O3S/c1-2-25-15-7-10(3-6-14(15)23)8-16-17(24)22-18(26-16)21-11-4-5-12(19)13(20)9-11/h3-9,23H,2H2,1H3,(H,21,22,24)/b16-8-. The molecule has 26 heavy (non-hydrogen) atoms. The molecule has 1 heterocycles. The molecule has 2 aromatic carbocycles. The number of carbonyl (C=O) groups excluding carboxylic acids is 1. The van der Waals surface area contributed by atoms with Crippen LogP contribution >= 0.6 is 35.0 Å². The van der Waals surface area contributed by atoms with Gasteiger partial charge in [-0.15, -0.1) is 0 Å². The van der Waals surface area contributed by atoms with Crippen LogP contribution in [0.4, 0.5) is 5.69 Å². The largest absolute Gasteiger partial charge is 0.504 e. The molecule has 1 amide bonds. The third kappa shape index (κ3) is 4.33. The maximum atomic E-state index is 12.2. The fourth-order valence-corrected chi connectivity index (χ4v) is 3.33. The van der Waals surface area contributed by atoms with E-state index in [1.807, 2.05) is 6.92 Å². The number of aromatic hydroxyl groups is 1. The topological polar surface area (TPSA) is 70.9 Å². The summed E-state index contributed by atoms with van der Waals surface area (Å²) in [6.45, 7) is 2.26. The minimum Gasteiger partial charge on any atom is -0.504 e. The zero-order valence-electron chi connectivity index (χ0n) is 13.6. The van der Waals surface area contributed by atoms with Gasteiger partial charge in [-0.1, -0.05) is 29.3 Å². The van der Waals surface area contributed by atoms with Gasteiger partial charge in [0.15, 0.2) is 16.7 Å². The van der Waals surface area contributed by atoms with E-state index in [1.165, 1.54) is 17.8 Å². The second kappa shape index (κ2) is 8.03. The van der Waals surface area contributed by atoms with Crippen LogP contribution in [0.15, 0.2) is 46.3 Å². The van der Waals surface area contributed by atoms with E-state index in [4.69, 9.17) is 27.9 Å². The summed E-state index contributed by atoms with van der Waals surface area (Å²) >= 11 is 13.1. The van der Waals surface area contributed by atoms with Crippen molar-refractivity contribution in [1.82, 2.24) is 5.32 Å². The number of halogens is 2. The monoisotopic (exact) mass is 408 g/mol. The second-order valence-corrected chi connectivity index (χ2v) is 7.09. The van der Waals surface area contributed by atoms with Crippen LogP contribution in [0.1, 0.15) is 12.5 Å². The third-order valence-electron chi connectivity index (χ3n) is 3.37. The summed E-state index contributed by atoms with van der Waals surface area (Å²) in [7, 11) is 0. The summed E-state index contributed by atoms with van der Waals surface area (Å²) in [5, 5.41) is 13.7. The first-order valence-electron chi connectivity index (χ1n) is 7.66. The molecule has 1 fully saturated rings. The predicted molar refractivity (Wildman–Crippen MR) is 107 cm³/mol. The Morgan fingerprint density at radius 2 is 2.04 bits per heavy atom. The van der Waals surface area contributed by atoms with E-state index >= 15 is 0 Å². The van der Waals surface area contributed by atoms with E-state index in [-0.39, 0.29) is 11.7 Å². The summed E-state index contributed by atoms with van der Waals surface area (Å²) in [6.07, 6.45) is 1.71. The van der Waals surface area contributed by atoms with Gasteiger partial charge in [-0.05, 0) is 60.7 Å². The molecule has 8 heteroatoms. The van der Waals surface area contributed by atoms with Gasteiger partial charge in [-0.25, -0.2) is 4.99 Å². The highest BCUT2D eigenvalue weighted by atomic mass is 35.5. The molecule has 134 valence electrons. The lowest BCUT2D eigenvalue weighted by atomic mass is 10.2. The number of ether oxygens (including phenoxy) is 1. The normalized spacial score (nSPS) is 17.0. The van der Waals surface area contributed by atoms with Crippen molar-refractivity contribution in [2.75, 3.05) is 6.61 Å². The lowest BCUT2D eigenvalue weighted by Crippen LogP contribution is -2.19. The van der Waals surface area contributed by atoms with Crippen molar-refractivity contribution < 1.29 is 14.6 Å². The number of nitrogens with zero attached hydrogens (tertiary/aromatic N) is 1. The molecule has 0 aromatic heterocycles. The van der Waals surface area contributed by atoms with Crippen molar-refractivity contribution in [3.8, 4) is 11.5 Å². The summed E-state index contributed by atoms with van der Waals surface area (Å²) in [4.78, 5) is 17.0. The first kappa shape index (κ1) is 18.6. The number of carbonyl (C=O) groups is 1. The van der Waals surface area contributed by atoms with Crippen molar-refractivity contribution >= 4 is 57.8 Å². The van der Waals surface area contributed by atoms with E-state index in [1.54, 1.807) is 36.4 Å². The van der Waals surface area contributed by atoms with Crippen LogP contribution in [-0.2, 0) is 4.79 Å². The SMILES string of the molecule is CCOc1cc(/C=C2\SC(=Nc3ccc(Cl)c(Cl)c3)NC2=O)ccc1O. The number of phenolic OH excluding ortho intramolecular Hbond substituents is 1. The predicted octanol–water partition coefficient (Wildman–Crippen LogP) is 4.99. The Balaban J connectivity index is 1.83. The van der Waals surface area contributed by atoms with E-state index in [2.05, 4.69) is 10.3 Å². The van der Waals surface area contributed by atoms with Crippen LogP contribution in [0.3, 0.4) is 0 Å². The average Bonchev–Trinajstić information content (AvgIpc) is 2.93. The molecule has 0 atom stereocenters. The molecule has 0 radical (unpaired) electrons. The van der Waals surface area contributed by atoms with Gasteiger partial charge in [0.2, 0.25) is 0 Å². The van der Waals surface area contributed by atoms with Crippen molar-refractivity contribution in [3.63, 3.8) is 0 Å². The van der Waals surface area contributed by atoms with E-state index < -0.39 is 0 Å². The Morgan fingerprint density at radius 3 is 2.77 bits per heavy atom. The van der Waals surface area contributed by atoms with E-state index in [0.29, 0.717) is 38.2 Å². The van der Waals surface area contributed by atoms with Crippen LogP contribution in [0.25, 0.3) is 6.08 Å². The smallest absolute Gasteiger partial charge is 0.264 e. The van der Waals surface area contributed by atoms with Gasteiger partial charge < -0.3 is 15.2 Å². The van der Waals surface area contributed by atoms with Gasteiger partial charge in [0.25, 0.3) is 5.91 Å². The average molecular weight is 409 g/mol. The van der Waals surface area contributed by atoms with Crippen molar-refractivity contribution in [1.29, 1.82) is 0 Å². The molecular weight excluding hydrogens is 395 g/mol. The first-order valence-corrected chi connectivity index (χ1v) is 9.24. The Kier molecular flexibility index (Phi) is 5.76. The molecule has 0 spiro atoms.